The summed E-state index contributed by atoms with van der Waals surface area (Å²) in [6.45, 7) is 4.13. The van der Waals surface area contributed by atoms with Gasteiger partial charge in [-0.05, 0) is 48.9 Å². The number of aryl methyl sites for hydroxylation is 3. The largest absolute Gasteiger partial charge is 0.302 e. The molecule has 1 N–H and O–H groups in total. The lowest BCUT2D eigenvalue weighted by molar-refractivity contribution is -0.116. The van der Waals surface area contributed by atoms with Crippen LogP contribution in [0.25, 0.3) is 10.2 Å². The summed E-state index contributed by atoms with van der Waals surface area (Å²) in [6, 6.07) is 8.30. The van der Waals surface area contributed by atoms with Crippen LogP contribution in [0.2, 0.25) is 0 Å². The van der Waals surface area contributed by atoms with Crippen molar-refractivity contribution >= 4 is 43.9 Å². The number of hydrogen-bond donors (Lipinski definition) is 1. The van der Waals surface area contributed by atoms with E-state index in [2.05, 4.69) is 42.3 Å². The van der Waals surface area contributed by atoms with Crippen molar-refractivity contribution in [1.29, 1.82) is 0 Å². The average Bonchev–Trinajstić information content (AvgIpc) is 3.05. The summed E-state index contributed by atoms with van der Waals surface area (Å²) < 4.78 is 1.13. The minimum Gasteiger partial charge on any atom is -0.302 e. The smallest absolute Gasteiger partial charge is 0.226 e. The third kappa shape index (κ3) is 3.31. The van der Waals surface area contributed by atoms with Gasteiger partial charge in [-0.25, -0.2) is 4.98 Å². The lowest BCUT2D eigenvalue weighted by atomic mass is 10.1. The monoisotopic (exact) mass is 316 g/mol. The summed E-state index contributed by atoms with van der Waals surface area (Å²) in [6.07, 6.45) is 1.28. The number of carbonyl (C=O) groups is 1. The second-order valence-corrected chi connectivity index (χ2v) is 7.14. The standard InChI is InChI=1S/C16H16N2OS2/c1-10-8-11(2)15-13(9-10)21-16(18-15)17-14(19)6-5-12-4-3-7-20-12/h3-4,7-9H,5-6H2,1-2H3,(H,17,18,19). The number of benzene rings is 1. The lowest BCUT2D eigenvalue weighted by Gasteiger charge is -1.99. The Hall–Kier alpha value is -1.72. The molecule has 3 aromatic rings. The quantitative estimate of drug-likeness (QED) is 0.767. The SMILES string of the molecule is Cc1cc(C)c2nc(NC(=O)CCc3cccs3)sc2c1. The molecule has 1 aromatic carbocycles. The fraction of sp³-hybridized carbons (Fsp3) is 0.250. The number of thiophene rings is 1. The number of aromatic nitrogens is 1. The Bertz CT molecular complexity index is 775. The van der Waals surface area contributed by atoms with Crippen molar-refractivity contribution in [3.05, 3.63) is 45.6 Å². The van der Waals surface area contributed by atoms with Crippen LogP contribution in [-0.4, -0.2) is 10.9 Å². The Kier molecular flexibility index (Phi) is 4.03. The molecule has 0 bridgehead atoms. The van der Waals surface area contributed by atoms with Crippen molar-refractivity contribution in [1.82, 2.24) is 4.98 Å². The minimum atomic E-state index is 0.0248. The zero-order valence-electron chi connectivity index (χ0n) is 12.0. The van der Waals surface area contributed by atoms with E-state index in [9.17, 15) is 4.79 Å². The van der Waals surface area contributed by atoms with Gasteiger partial charge in [-0.15, -0.1) is 11.3 Å². The zero-order valence-corrected chi connectivity index (χ0v) is 13.6. The van der Waals surface area contributed by atoms with Crippen molar-refractivity contribution < 1.29 is 4.79 Å². The Morgan fingerprint density at radius 2 is 2.19 bits per heavy atom. The van der Waals surface area contributed by atoms with Crippen LogP contribution >= 0.6 is 22.7 Å². The number of carbonyl (C=O) groups excluding carboxylic acids is 1. The van der Waals surface area contributed by atoms with E-state index in [0.29, 0.717) is 11.6 Å². The molecular weight excluding hydrogens is 300 g/mol. The van der Waals surface area contributed by atoms with Gasteiger partial charge in [0, 0.05) is 11.3 Å². The van der Waals surface area contributed by atoms with Gasteiger partial charge in [0.05, 0.1) is 10.2 Å². The van der Waals surface area contributed by atoms with Crippen LogP contribution in [0.1, 0.15) is 22.4 Å². The lowest BCUT2D eigenvalue weighted by Crippen LogP contribution is -2.11. The molecule has 0 fully saturated rings. The zero-order chi connectivity index (χ0) is 14.8. The number of amides is 1. The normalized spacial score (nSPS) is 11.0. The first-order valence-corrected chi connectivity index (χ1v) is 8.51. The van der Waals surface area contributed by atoms with E-state index in [4.69, 9.17) is 0 Å². The van der Waals surface area contributed by atoms with E-state index in [1.807, 2.05) is 11.4 Å². The predicted molar refractivity (Wildman–Crippen MR) is 90.4 cm³/mol. The number of nitrogens with zero attached hydrogens (tertiary/aromatic N) is 1. The molecular formula is C16H16N2OS2. The molecule has 2 aromatic heterocycles. The third-order valence-corrected chi connectivity index (χ3v) is 5.11. The van der Waals surface area contributed by atoms with Gasteiger partial charge in [0.1, 0.15) is 0 Å². The van der Waals surface area contributed by atoms with Gasteiger partial charge in [0.15, 0.2) is 5.13 Å². The molecule has 0 saturated carbocycles. The third-order valence-electron chi connectivity index (χ3n) is 3.25. The number of anilines is 1. The maximum Gasteiger partial charge on any atom is 0.226 e. The van der Waals surface area contributed by atoms with Crippen LogP contribution in [0.5, 0.6) is 0 Å². The highest BCUT2D eigenvalue weighted by molar-refractivity contribution is 7.22. The van der Waals surface area contributed by atoms with Crippen molar-refractivity contribution in [3.63, 3.8) is 0 Å². The Balaban J connectivity index is 1.69. The first-order chi connectivity index (χ1) is 10.1. The van der Waals surface area contributed by atoms with E-state index in [-0.39, 0.29) is 5.91 Å². The Morgan fingerprint density at radius 1 is 1.33 bits per heavy atom. The van der Waals surface area contributed by atoms with Crippen molar-refractivity contribution in [2.45, 2.75) is 26.7 Å². The van der Waals surface area contributed by atoms with Gasteiger partial charge >= 0.3 is 0 Å². The number of fused-ring (bicyclic) bond motifs is 1. The number of thiazole rings is 1. The molecule has 0 aliphatic heterocycles. The van der Waals surface area contributed by atoms with Crippen molar-refractivity contribution in [3.8, 4) is 0 Å². The van der Waals surface area contributed by atoms with Crippen LogP contribution in [-0.2, 0) is 11.2 Å². The van der Waals surface area contributed by atoms with Crippen molar-refractivity contribution in [2.75, 3.05) is 5.32 Å². The highest BCUT2D eigenvalue weighted by atomic mass is 32.1. The summed E-state index contributed by atoms with van der Waals surface area (Å²) in [5.41, 5.74) is 3.36. The maximum absolute atomic E-state index is 12.0. The maximum atomic E-state index is 12.0. The van der Waals surface area contributed by atoms with Gasteiger partial charge < -0.3 is 5.32 Å². The molecule has 3 rings (SSSR count). The molecule has 21 heavy (non-hydrogen) atoms. The van der Waals surface area contributed by atoms with Gasteiger partial charge in [-0.2, -0.15) is 0 Å². The Morgan fingerprint density at radius 3 is 2.95 bits per heavy atom. The number of nitrogens with one attached hydrogen (secondary N) is 1. The molecule has 1 amide bonds. The van der Waals surface area contributed by atoms with Crippen LogP contribution < -0.4 is 5.32 Å². The van der Waals surface area contributed by atoms with Gasteiger partial charge in [-0.3, -0.25) is 4.79 Å². The fourth-order valence-corrected chi connectivity index (χ4v) is 4.06. The molecule has 0 spiro atoms. The molecule has 0 radical (unpaired) electrons. The molecule has 0 unspecified atom stereocenters. The summed E-state index contributed by atoms with van der Waals surface area (Å²) >= 11 is 3.22. The summed E-state index contributed by atoms with van der Waals surface area (Å²) in [5, 5.41) is 5.64. The minimum absolute atomic E-state index is 0.0248. The summed E-state index contributed by atoms with van der Waals surface area (Å²) in [7, 11) is 0. The van der Waals surface area contributed by atoms with E-state index < -0.39 is 0 Å². The molecule has 0 aliphatic carbocycles. The van der Waals surface area contributed by atoms with E-state index in [0.717, 1.165) is 22.2 Å². The second kappa shape index (κ2) is 5.95. The summed E-state index contributed by atoms with van der Waals surface area (Å²) in [5.74, 6) is 0.0248. The second-order valence-electron chi connectivity index (χ2n) is 5.08. The van der Waals surface area contributed by atoms with Gasteiger partial charge in [0.2, 0.25) is 5.91 Å². The van der Waals surface area contributed by atoms with Gasteiger partial charge in [-0.1, -0.05) is 23.5 Å². The molecule has 2 heterocycles. The van der Waals surface area contributed by atoms with Crippen molar-refractivity contribution in [2.24, 2.45) is 0 Å². The molecule has 108 valence electrons. The molecule has 5 heteroatoms. The molecule has 3 nitrogen and oxygen atoms in total. The van der Waals surface area contributed by atoms with E-state index in [1.165, 1.54) is 21.8 Å². The predicted octanol–water partition coefficient (Wildman–Crippen LogP) is 4.55. The molecule has 0 aliphatic rings. The first kappa shape index (κ1) is 14.2. The first-order valence-electron chi connectivity index (χ1n) is 6.82. The van der Waals surface area contributed by atoms with Crippen LogP contribution in [0, 0.1) is 13.8 Å². The molecule has 0 atom stereocenters. The highest BCUT2D eigenvalue weighted by Crippen LogP contribution is 2.29. The van der Waals surface area contributed by atoms with Crippen LogP contribution in [0.15, 0.2) is 29.6 Å². The number of rotatable bonds is 4. The summed E-state index contributed by atoms with van der Waals surface area (Å²) in [4.78, 5) is 17.8. The van der Waals surface area contributed by atoms with Crippen LogP contribution in [0.4, 0.5) is 5.13 Å². The van der Waals surface area contributed by atoms with Crippen LogP contribution in [0.3, 0.4) is 0 Å². The average molecular weight is 316 g/mol. The van der Waals surface area contributed by atoms with E-state index >= 15 is 0 Å². The highest BCUT2D eigenvalue weighted by Gasteiger charge is 2.10. The van der Waals surface area contributed by atoms with Gasteiger partial charge in [0.25, 0.3) is 0 Å². The number of hydrogen-bond acceptors (Lipinski definition) is 4. The Labute approximate surface area is 131 Å². The topological polar surface area (TPSA) is 42.0 Å². The fourth-order valence-electron chi connectivity index (χ4n) is 2.30. The van der Waals surface area contributed by atoms with E-state index in [1.54, 1.807) is 11.3 Å². The molecule has 0 saturated heterocycles.